The molecule has 2 unspecified atom stereocenters. The van der Waals surface area contributed by atoms with Crippen LogP contribution in [-0.4, -0.2) is 11.2 Å². The minimum absolute atomic E-state index is 0.0229. The molecule has 0 aliphatic heterocycles. The zero-order valence-corrected chi connectivity index (χ0v) is 9.29. The summed E-state index contributed by atoms with van der Waals surface area (Å²) in [6.07, 6.45) is 6.15. The molecule has 1 rings (SSSR count). The number of aliphatic hydroxyl groups excluding tert-OH is 1. The molecule has 1 aliphatic carbocycles. The highest BCUT2D eigenvalue weighted by atomic mass is 16.3. The van der Waals surface area contributed by atoms with Crippen molar-refractivity contribution in [1.82, 2.24) is 0 Å². The van der Waals surface area contributed by atoms with E-state index >= 15 is 0 Å². The second-order valence-electron chi connectivity index (χ2n) is 4.87. The molecule has 0 heterocycles. The van der Waals surface area contributed by atoms with Crippen molar-refractivity contribution in [2.75, 3.05) is 0 Å². The first-order valence-electron chi connectivity index (χ1n) is 5.84. The summed E-state index contributed by atoms with van der Waals surface area (Å²) in [6.45, 7) is 6.75. The zero-order chi connectivity index (χ0) is 9.84. The van der Waals surface area contributed by atoms with Crippen molar-refractivity contribution < 1.29 is 5.11 Å². The van der Waals surface area contributed by atoms with Gasteiger partial charge in [0.15, 0.2) is 0 Å². The highest BCUT2D eigenvalue weighted by Gasteiger charge is 2.33. The molecule has 13 heavy (non-hydrogen) atoms. The minimum Gasteiger partial charge on any atom is -0.393 e. The molecule has 1 N–H and O–H groups in total. The molecule has 1 saturated carbocycles. The standard InChI is InChI=1S/C12H24O/c1-4-6-10-7-5-8-11(13)12(10)9(2)3/h9-13H,4-8H2,1-3H3/t10?,11?,12-/m1/s1. The maximum Gasteiger partial charge on any atom is 0.0573 e. The smallest absolute Gasteiger partial charge is 0.0573 e. The van der Waals surface area contributed by atoms with Gasteiger partial charge in [0.05, 0.1) is 6.10 Å². The highest BCUT2D eigenvalue weighted by Crippen LogP contribution is 2.37. The van der Waals surface area contributed by atoms with Gasteiger partial charge in [-0.05, 0) is 30.6 Å². The molecule has 1 heteroatoms. The second-order valence-corrected chi connectivity index (χ2v) is 4.87. The van der Waals surface area contributed by atoms with E-state index < -0.39 is 0 Å². The Hall–Kier alpha value is -0.0400. The fraction of sp³-hybridized carbons (Fsp3) is 1.00. The SMILES string of the molecule is CCCC1CCCC(O)[C@@H]1C(C)C. The lowest BCUT2D eigenvalue weighted by molar-refractivity contribution is 0.00408. The van der Waals surface area contributed by atoms with Crippen LogP contribution in [0.5, 0.6) is 0 Å². The first kappa shape index (κ1) is 11.0. The number of aliphatic hydroxyl groups is 1. The number of hydrogen-bond donors (Lipinski definition) is 1. The van der Waals surface area contributed by atoms with Crippen molar-refractivity contribution in [2.24, 2.45) is 17.8 Å². The van der Waals surface area contributed by atoms with Crippen LogP contribution in [0.3, 0.4) is 0 Å². The molecule has 3 atom stereocenters. The molecule has 0 bridgehead atoms. The highest BCUT2D eigenvalue weighted by molar-refractivity contribution is 4.83. The molecule has 0 radical (unpaired) electrons. The molecule has 0 aromatic rings. The van der Waals surface area contributed by atoms with Crippen LogP contribution >= 0.6 is 0 Å². The third-order valence-corrected chi connectivity index (χ3v) is 3.49. The van der Waals surface area contributed by atoms with Gasteiger partial charge in [-0.15, -0.1) is 0 Å². The maximum atomic E-state index is 9.94. The molecule has 0 spiro atoms. The summed E-state index contributed by atoms with van der Waals surface area (Å²) in [5.74, 6) is 1.99. The van der Waals surface area contributed by atoms with E-state index in [1.54, 1.807) is 0 Å². The van der Waals surface area contributed by atoms with Crippen LogP contribution in [0.25, 0.3) is 0 Å². The average molecular weight is 184 g/mol. The fourth-order valence-corrected chi connectivity index (χ4v) is 2.98. The van der Waals surface area contributed by atoms with E-state index in [1.165, 1.54) is 25.7 Å². The molecule has 1 fully saturated rings. The van der Waals surface area contributed by atoms with Crippen LogP contribution in [-0.2, 0) is 0 Å². The summed E-state index contributed by atoms with van der Waals surface area (Å²) in [5.41, 5.74) is 0. The third kappa shape index (κ3) is 2.70. The van der Waals surface area contributed by atoms with Crippen LogP contribution in [0, 0.1) is 17.8 Å². The van der Waals surface area contributed by atoms with Crippen molar-refractivity contribution >= 4 is 0 Å². The van der Waals surface area contributed by atoms with Crippen molar-refractivity contribution in [3.8, 4) is 0 Å². The van der Waals surface area contributed by atoms with Crippen molar-refractivity contribution in [3.63, 3.8) is 0 Å². The van der Waals surface area contributed by atoms with E-state index in [-0.39, 0.29) is 6.10 Å². The molecule has 0 aromatic carbocycles. The number of rotatable bonds is 3. The van der Waals surface area contributed by atoms with Gasteiger partial charge in [0.2, 0.25) is 0 Å². The Bertz CT molecular complexity index is 140. The lowest BCUT2D eigenvalue weighted by Gasteiger charge is -2.38. The lowest BCUT2D eigenvalue weighted by Crippen LogP contribution is -2.35. The Labute approximate surface area is 82.5 Å². The summed E-state index contributed by atoms with van der Waals surface area (Å²) in [4.78, 5) is 0. The summed E-state index contributed by atoms with van der Waals surface area (Å²) >= 11 is 0. The van der Waals surface area contributed by atoms with Gasteiger partial charge >= 0.3 is 0 Å². The van der Waals surface area contributed by atoms with E-state index in [1.807, 2.05) is 0 Å². The second kappa shape index (κ2) is 4.99. The Morgan fingerprint density at radius 2 is 2.00 bits per heavy atom. The molecule has 0 aromatic heterocycles. The van der Waals surface area contributed by atoms with Crippen LogP contribution in [0.2, 0.25) is 0 Å². The van der Waals surface area contributed by atoms with E-state index in [0.29, 0.717) is 11.8 Å². The van der Waals surface area contributed by atoms with E-state index in [9.17, 15) is 5.11 Å². The van der Waals surface area contributed by atoms with Gasteiger partial charge < -0.3 is 5.11 Å². The summed E-state index contributed by atoms with van der Waals surface area (Å²) in [7, 11) is 0. The monoisotopic (exact) mass is 184 g/mol. The Kier molecular flexibility index (Phi) is 4.24. The molecule has 78 valence electrons. The first-order valence-corrected chi connectivity index (χ1v) is 5.84. The summed E-state index contributed by atoms with van der Waals surface area (Å²) < 4.78 is 0. The lowest BCUT2D eigenvalue weighted by atomic mass is 9.70. The molecule has 0 amide bonds. The van der Waals surface area contributed by atoms with Gasteiger partial charge in [-0.2, -0.15) is 0 Å². The van der Waals surface area contributed by atoms with E-state index in [0.717, 1.165) is 12.3 Å². The van der Waals surface area contributed by atoms with Crippen molar-refractivity contribution in [2.45, 2.75) is 59.0 Å². The topological polar surface area (TPSA) is 20.2 Å². The summed E-state index contributed by atoms with van der Waals surface area (Å²) in [5, 5.41) is 9.94. The van der Waals surface area contributed by atoms with Crippen molar-refractivity contribution in [1.29, 1.82) is 0 Å². The fourth-order valence-electron chi connectivity index (χ4n) is 2.98. The number of hydrogen-bond acceptors (Lipinski definition) is 1. The van der Waals surface area contributed by atoms with Gasteiger partial charge in [-0.3, -0.25) is 0 Å². The van der Waals surface area contributed by atoms with Gasteiger partial charge in [0.1, 0.15) is 0 Å². The molecular weight excluding hydrogens is 160 g/mol. The van der Waals surface area contributed by atoms with E-state index in [4.69, 9.17) is 0 Å². The van der Waals surface area contributed by atoms with Crippen LogP contribution in [0.1, 0.15) is 52.9 Å². The quantitative estimate of drug-likeness (QED) is 0.714. The Balaban J connectivity index is 2.57. The Morgan fingerprint density at radius 3 is 2.54 bits per heavy atom. The summed E-state index contributed by atoms with van der Waals surface area (Å²) in [6, 6.07) is 0. The minimum atomic E-state index is -0.0229. The maximum absolute atomic E-state index is 9.94. The molecule has 0 saturated heterocycles. The van der Waals surface area contributed by atoms with Gasteiger partial charge in [0, 0.05) is 0 Å². The molecular formula is C12H24O. The predicted octanol–water partition coefficient (Wildman–Crippen LogP) is 3.22. The van der Waals surface area contributed by atoms with Crippen LogP contribution in [0.4, 0.5) is 0 Å². The van der Waals surface area contributed by atoms with Gasteiger partial charge in [-0.1, -0.05) is 40.0 Å². The van der Waals surface area contributed by atoms with Gasteiger partial charge in [-0.25, -0.2) is 0 Å². The predicted molar refractivity (Wildman–Crippen MR) is 56.6 cm³/mol. The average Bonchev–Trinajstić information content (AvgIpc) is 2.04. The largest absolute Gasteiger partial charge is 0.393 e. The van der Waals surface area contributed by atoms with Crippen molar-refractivity contribution in [3.05, 3.63) is 0 Å². The van der Waals surface area contributed by atoms with Crippen LogP contribution < -0.4 is 0 Å². The molecule has 1 nitrogen and oxygen atoms in total. The normalized spacial score (nSPS) is 35.3. The first-order chi connectivity index (χ1) is 6.16. The van der Waals surface area contributed by atoms with Crippen LogP contribution in [0.15, 0.2) is 0 Å². The molecule has 1 aliphatic rings. The Morgan fingerprint density at radius 1 is 1.31 bits per heavy atom. The zero-order valence-electron chi connectivity index (χ0n) is 9.29. The third-order valence-electron chi connectivity index (χ3n) is 3.49. The van der Waals surface area contributed by atoms with Gasteiger partial charge in [0.25, 0.3) is 0 Å². The van der Waals surface area contributed by atoms with E-state index in [2.05, 4.69) is 20.8 Å².